The fraction of sp³-hybridized carbons (Fsp3) is 0.312. The summed E-state index contributed by atoms with van der Waals surface area (Å²) >= 11 is 1.47. The number of benzene rings is 1. The van der Waals surface area contributed by atoms with Crippen molar-refractivity contribution in [2.75, 3.05) is 14.1 Å². The second-order valence-electron chi connectivity index (χ2n) is 5.29. The first-order valence-corrected chi connectivity index (χ1v) is 8.09. The number of urea groups is 1. The summed E-state index contributed by atoms with van der Waals surface area (Å²) in [6, 6.07) is 8.25. The largest absolute Gasteiger partial charge is 0.347 e. The van der Waals surface area contributed by atoms with Crippen molar-refractivity contribution in [3.05, 3.63) is 52.5 Å². The number of hydrogen-bond acceptors (Lipinski definition) is 4. The van der Waals surface area contributed by atoms with Crippen LogP contribution in [0.15, 0.2) is 41.9 Å². The Morgan fingerprint density at radius 3 is 2.43 bits per heavy atom. The number of hydrogen-bond donors (Lipinski definition) is 2. The molecular weight excluding hydrogens is 312 g/mol. The van der Waals surface area contributed by atoms with Gasteiger partial charge in [-0.1, -0.05) is 30.3 Å². The van der Waals surface area contributed by atoms with Crippen molar-refractivity contribution < 1.29 is 9.59 Å². The van der Waals surface area contributed by atoms with Crippen LogP contribution in [0.2, 0.25) is 0 Å². The quantitative estimate of drug-likeness (QED) is 0.879. The van der Waals surface area contributed by atoms with E-state index < -0.39 is 12.1 Å². The number of aromatic nitrogens is 1. The van der Waals surface area contributed by atoms with Gasteiger partial charge in [0.15, 0.2) is 0 Å². The van der Waals surface area contributed by atoms with Crippen LogP contribution in [0.3, 0.4) is 0 Å². The Morgan fingerprint density at radius 2 is 1.87 bits per heavy atom. The van der Waals surface area contributed by atoms with E-state index in [0.717, 1.165) is 10.6 Å². The molecule has 0 bridgehead atoms. The Kier molecular flexibility index (Phi) is 5.70. The zero-order valence-corrected chi connectivity index (χ0v) is 14.1. The highest BCUT2D eigenvalue weighted by Crippen LogP contribution is 2.23. The van der Waals surface area contributed by atoms with Gasteiger partial charge >= 0.3 is 6.03 Å². The molecular formula is C16H20N4O2S. The minimum absolute atomic E-state index is 0.161. The molecule has 3 amide bonds. The molecule has 0 saturated heterocycles. The third-order valence-corrected chi connectivity index (χ3v) is 4.11. The van der Waals surface area contributed by atoms with Crippen LogP contribution in [0.1, 0.15) is 23.5 Å². The molecule has 2 N–H and O–H groups in total. The number of nitrogens with one attached hydrogen (secondary N) is 2. The Labute approximate surface area is 139 Å². The van der Waals surface area contributed by atoms with E-state index >= 15 is 0 Å². The molecule has 0 aliphatic heterocycles. The molecule has 7 heteroatoms. The lowest BCUT2D eigenvalue weighted by molar-refractivity contribution is -0.130. The third kappa shape index (κ3) is 4.53. The van der Waals surface area contributed by atoms with Gasteiger partial charge in [0.25, 0.3) is 0 Å². The Hall–Kier alpha value is -2.41. The summed E-state index contributed by atoms with van der Waals surface area (Å²) in [5, 5.41) is 8.20. The third-order valence-electron chi connectivity index (χ3n) is 3.27. The highest BCUT2D eigenvalue weighted by atomic mass is 32.1. The summed E-state index contributed by atoms with van der Waals surface area (Å²) in [5.41, 5.74) is 0.934. The van der Waals surface area contributed by atoms with Crippen LogP contribution in [-0.2, 0) is 4.79 Å². The maximum Gasteiger partial charge on any atom is 0.316 e. The van der Waals surface area contributed by atoms with E-state index in [-0.39, 0.29) is 11.9 Å². The lowest BCUT2D eigenvalue weighted by Crippen LogP contribution is -2.48. The summed E-state index contributed by atoms with van der Waals surface area (Å²) in [5.74, 6) is -0.161. The van der Waals surface area contributed by atoms with Gasteiger partial charge in [-0.3, -0.25) is 4.79 Å². The van der Waals surface area contributed by atoms with Gasteiger partial charge < -0.3 is 15.5 Å². The number of nitrogens with zero attached hydrogens (tertiary/aromatic N) is 2. The number of amides is 3. The number of carbonyl (C=O) groups is 2. The minimum Gasteiger partial charge on any atom is -0.347 e. The standard InChI is InChI=1S/C16H20N4O2S/c1-11(15(21)20(2)3)18-16(22)19-13(14-17-9-10-23-14)12-7-5-4-6-8-12/h4-11,13H,1-3H3,(H2,18,19,22)/t11-,13+/m0/s1. The van der Waals surface area contributed by atoms with E-state index in [1.54, 1.807) is 27.2 Å². The first-order chi connectivity index (χ1) is 11.0. The second kappa shape index (κ2) is 7.73. The number of rotatable bonds is 5. The number of carbonyl (C=O) groups excluding carboxylic acids is 2. The summed E-state index contributed by atoms with van der Waals surface area (Å²) in [6.07, 6.45) is 1.70. The molecule has 0 saturated carbocycles. The van der Waals surface area contributed by atoms with Gasteiger partial charge in [0.05, 0.1) is 0 Å². The summed E-state index contributed by atoms with van der Waals surface area (Å²) in [6.45, 7) is 1.66. The fourth-order valence-electron chi connectivity index (χ4n) is 2.13. The van der Waals surface area contributed by atoms with Crippen LogP contribution in [0.5, 0.6) is 0 Å². The molecule has 2 rings (SSSR count). The zero-order chi connectivity index (χ0) is 16.8. The SMILES string of the molecule is C[C@H](NC(=O)N[C@H](c1ccccc1)c1nccs1)C(=O)N(C)C. The van der Waals surface area contributed by atoms with Crippen LogP contribution in [-0.4, -0.2) is 42.0 Å². The average Bonchev–Trinajstić information content (AvgIpc) is 3.06. The summed E-state index contributed by atoms with van der Waals surface area (Å²) in [4.78, 5) is 29.8. The lowest BCUT2D eigenvalue weighted by Gasteiger charge is -2.21. The van der Waals surface area contributed by atoms with Gasteiger partial charge in [0.1, 0.15) is 17.1 Å². The number of thiazole rings is 1. The maximum atomic E-state index is 12.2. The zero-order valence-electron chi connectivity index (χ0n) is 13.3. The van der Waals surface area contributed by atoms with Gasteiger partial charge in [-0.05, 0) is 12.5 Å². The van der Waals surface area contributed by atoms with E-state index in [0.29, 0.717) is 0 Å². The first kappa shape index (κ1) is 17.0. The van der Waals surface area contributed by atoms with Gasteiger partial charge in [-0.25, -0.2) is 9.78 Å². The van der Waals surface area contributed by atoms with E-state index in [1.807, 2.05) is 35.7 Å². The highest BCUT2D eigenvalue weighted by molar-refractivity contribution is 7.09. The molecule has 6 nitrogen and oxygen atoms in total. The van der Waals surface area contributed by atoms with Crippen molar-refractivity contribution in [1.82, 2.24) is 20.5 Å². The predicted molar refractivity (Wildman–Crippen MR) is 90.2 cm³/mol. The normalized spacial score (nSPS) is 13.0. The molecule has 0 spiro atoms. The molecule has 1 heterocycles. The molecule has 2 aromatic rings. The minimum atomic E-state index is -0.599. The molecule has 122 valence electrons. The molecule has 2 atom stereocenters. The predicted octanol–water partition coefficient (Wildman–Crippen LogP) is 2.01. The summed E-state index contributed by atoms with van der Waals surface area (Å²) < 4.78 is 0. The Bertz CT molecular complexity index is 643. The highest BCUT2D eigenvalue weighted by Gasteiger charge is 2.22. The van der Waals surface area contributed by atoms with Crippen LogP contribution in [0, 0.1) is 0 Å². The first-order valence-electron chi connectivity index (χ1n) is 7.21. The molecule has 0 radical (unpaired) electrons. The van der Waals surface area contributed by atoms with Crippen molar-refractivity contribution in [3.8, 4) is 0 Å². The van der Waals surface area contributed by atoms with Crippen LogP contribution < -0.4 is 10.6 Å². The smallest absolute Gasteiger partial charge is 0.316 e. The van der Waals surface area contributed by atoms with Gasteiger partial charge in [-0.2, -0.15) is 0 Å². The lowest BCUT2D eigenvalue weighted by atomic mass is 10.1. The molecule has 0 fully saturated rings. The number of likely N-dealkylation sites (N-methyl/N-ethyl adjacent to an activating group) is 1. The topological polar surface area (TPSA) is 74.3 Å². The molecule has 23 heavy (non-hydrogen) atoms. The van der Waals surface area contributed by atoms with Gasteiger partial charge in [-0.15, -0.1) is 11.3 Å². The van der Waals surface area contributed by atoms with Gasteiger partial charge in [0.2, 0.25) is 5.91 Å². The van der Waals surface area contributed by atoms with E-state index in [9.17, 15) is 9.59 Å². The maximum absolute atomic E-state index is 12.2. The van der Waals surface area contributed by atoms with Crippen LogP contribution in [0.4, 0.5) is 4.79 Å². The molecule has 0 aliphatic rings. The van der Waals surface area contributed by atoms with Crippen molar-refractivity contribution in [2.45, 2.75) is 19.0 Å². The van der Waals surface area contributed by atoms with Gasteiger partial charge in [0, 0.05) is 25.7 Å². The van der Waals surface area contributed by atoms with E-state index in [1.165, 1.54) is 16.2 Å². The fourth-order valence-corrected chi connectivity index (χ4v) is 2.84. The Balaban J connectivity index is 2.10. The van der Waals surface area contributed by atoms with E-state index in [4.69, 9.17) is 0 Å². The Morgan fingerprint density at radius 1 is 1.17 bits per heavy atom. The molecule has 0 aliphatic carbocycles. The average molecular weight is 332 g/mol. The molecule has 0 unspecified atom stereocenters. The van der Waals surface area contributed by atoms with Crippen LogP contribution in [0.25, 0.3) is 0 Å². The second-order valence-corrected chi connectivity index (χ2v) is 6.21. The monoisotopic (exact) mass is 332 g/mol. The van der Waals surface area contributed by atoms with Crippen molar-refractivity contribution >= 4 is 23.3 Å². The summed E-state index contributed by atoms with van der Waals surface area (Å²) in [7, 11) is 3.31. The molecule has 1 aromatic carbocycles. The van der Waals surface area contributed by atoms with Crippen molar-refractivity contribution in [3.63, 3.8) is 0 Å². The molecule has 1 aromatic heterocycles. The van der Waals surface area contributed by atoms with Crippen molar-refractivity contribution in [1.29, 1.82) is 0 Å². The van der Waals surface area contributed by atoms with Crippen molar-refractivity contribution in [2.24, 2.45) is 0 Å². The van der Waals surface area contributed by atoms with Crippen LogP contribution >= 0.6 is 11.3 Å². The van der Waals surface area contributed by atoms with E-state index in [2.05, 4.69) is 15.6 Å².